The number of hydrogen-bond acceptors (Lipinski definition) is 3. The second-order valence-electron chi connectivity index (χ2n) is 5.23. The van der Waals surface area contributed by atoms with Gasteiger partial charge in [0.2, 0.25) is 10.0 Å². The smallest absolute Gasteiger partial charge is 0.247 e. The van der Waals surface area contributed by atoms with E-state index in [0.717, 1.165) is 6.42 Å². The van der Waals surface area contributed by atoms with Crippen molar-refractivity contribution in [3.05, 3.63) is 11.4 Å². The van der Waals surface area contributed by atoms with Gasteiger partial charge < -0.3 is 0 Å². The second kappa shape index (κ2) is 5.07. The highest BCUT2D eigenvalue weighted by atomic mass is 35.5. The molecule has 1 fully saturated rings. The molecule has 0 bridgehead atoms. The first-order valence-corrected chi connectivity index (χ1v) is 8.36. The Kier molecular flexibility index (Phi) is 3.95. The SMILES string of the molecule is Cc1nn(C)c(C)c1S(=O)(=O)N1CCC(C)C1CCl. The van der Waals surface area contributed by atoms with Gasteiger partial charge in [0, 0.05) is 25.5 Å². The van der Waals surface area contributed by atoms with Gasteiger partial charge in [-0.25, -0.2) is 8.42 Å². The van der Waals surface area contributed by atoms with Gasteiger partial charge in [-0.1, -0.05) is 6.92 Å². The van der Waals surface area contributed by atoms with Crippen LogP contribution >= 0.6 is 11.6 Å². The predicted octanol–water partition coefficient (Wildman–Crippen LogP) is 1.67. The van der Waals surface area contributed by atoms with Gasteiger partial charge in [-0.2, -0.15) is 9.40 Å². The summed E-state index contributed by atoms with van der Waals surface area (Å²) >= 11 is 5.95. The van der Waals surface area contributed by atoms with Crippen molar-refractivity contribution >= 4 is 21.6 Å². The Morgan fingerprint density at radius 1 is 1.42 bits per heavy atom. The third-order valence-electron chi connectivity index (χ3n) is 4.00. The molecule has 1 saturated heterocycles. The first-order valence-electron chi connectivity index (χ1n) is 6.38. The molecule has 0 N–H and O–H groups in total. The van der Waals surface area contributed by atoms with Crippen LogP contribution in [0.15, 0.2) is 4.90 Å². The summed E-state index contributed by atoms with van der Waals surface area (Å²) in [5.41, 5.74) is 1.22. The molecule has 0 amide bonds. The molecular weight excluding hydrogens is 286 g/mol. The maximum absolute atomic E-state index is 12.8. The Morgan fingerprint density at radius 3 is 2.53 bits per heavy atom. The number of hydrogen-bond donors (Lipinski definition) is 0. The molecule has 2 unspecified atom stereocenters. The molecule has 0 saturated carbocycles. The Morgan fingerprint density at radius 2 is 2.05 bits per heavy atom. The molecule has 5 nitrogen and oxygen atoms in total. The van der Waals surface area contributed by atoms with Crippen molar-refractivity contribution in [3.8, 4) is 0 Å². The van der Waals surface area contributed by atoms with Gasteiger partial charge in [0.25, 0.3) is 0 Å². The van der Waals surface area contributed by atoms with Crippen molar-refractivity contribution < 1.29 is 8.42 Å². The van der Waals surface area contributed by atoms with E-state index >= 15 is 0 Å². The minimum atomic E-state index is -3.51. The normalized spacial score (nSPS) is 25.1. The highest BCUT2D eigenvalue weighted by molar-refractivity contribution is 7.89. The number of halogens is 1. The largest absolute Gasteiger partial charge is 0.271 e. The van der Waals surface area contributed by atoms with Gasteiger partial charge in [0.1, 0.15) is 4.90 Å². The zero-order chi connectivity index (χ0) is 14.4. The molecular formula is C12H20ClN3O2S. The summed E-state index contributed by atoms with van der Waals surface area (Å²) in [6.45, 7) is 6.09. The molecule has 0 spiro atoms. The summed E-state index contributed by atoms with van der Waals surface area (Å²) in [7, 11) is -1.75. The van der Waals surface area contributed by atoms with Gasteiger partial charge in [-0.3, -0.25) is 4.68 Å². The van der Waals surface area contributed by atoms with E-state index in [9.17, 15) is 8.42 Å². The van der Waals surface area contributed by atoms with Gasteiger partial charge in [-0.05, 0) is 26.2 Å². The third-order valence-corrected chi connectivity index (χ3v) is 6.49. The first-order chi connectivity index (χ1) is 8.80. The molecule has 2 heterocycles. The lowest BCUT2D eigenvalue weighted by molar-refractivity contribution is 0.374. The van der Waals surface area contributed by atoms with E-state index in [0.29, 0.717) is 34.6 Å². The fourth-order valence-corrected chi connectivity index (χ4v) is 5.44. The summed E-state index contributed by atoms with van der Waals surface area (Å²) in [5, 5.41) is 4.20. The number of alkyl halides is 1. The van der Waals surface area contributed by atoms with E-state index in [1.807, 2.05) is 6.92 Å². The van der Waals surface area contributed by atoms with Crippen molar-refractivity contribution in [1.29, 1.82) is 0 Å². The van der Waals surface area contributed by atoms with E-state index in [2.05, 4.69) is 5.10 Å². The summed E-state index contributed by atoms with van der Waals surface area (Å²) < 4.78 is 28.8. The van der Waals surface area contributed by atoms with Gasteiger partial charge >= 0.3 is 0 Å². The number of aryl methyl sites for hydroxylation is 2. The maximum atomic E-state index is 12.8. The molecule has 19 heavy (non-hydrogen) atoms. The Hall–Kier alpha value is -0.590. The minimum Gasteiger partial charge on any atom is -0.271 e. The molecule has 0 radical (unpaired) electrons. The maximum Gasteiger partial charge on any atom is 0.247 e. The van der Waals surface area contributed by atoms with Crippen LogP contribution < -0.4 is 0 Å². The molecule has 0 aliphatic carbocycles. The number of nitrogens with zero attached hydrogens (tertiary/aromatic N) is 3. The highest BCUT2D eigenvalue weighted by Gasteiger charge is 2.41. The first kappa shape index (κ1) is 14.8. The summed E-state index contributed by atoms with van der Waals surface area (Å²) in [6, 6.07) is -0.120. The van der Waals surface area contributed by atoms with Crippen LogP contribution in [0.3, 0.4) is 0 Å². The molecule has 1 aliphatic rings. The van der Waals surface area contributed by atoms with E-state index in [1.54, 1.807) is 29.9 Å². The molecule has 2 rings (SSSR count). The van der Waals surface area contributed by atoms with E-state index in [1.165, 1.54) is 0 Å². The monoisotopic (exact) mass is 305 g/mol. The standard InChI is InChI=1S/C12H20ClN3O2S/c1-8-5-6-16(11(8)7-13)19(17,18)12-9(2)14-15(4)10(12)3/h8,11H,5-7H2,1-4H3. The van der Waals surface area contributed by atoms with Crippen LogP contribution in [-0.2, 0) is 17.1 Å². The predicted molar refractivity (Wildman–Crippen MR) is 74.9 cm³/mol. The average Bonchev–Trinajstić information content (AvgIpc) is 2.81. The highest BCUT2D eigenvalue weighted by Crippen LogP contribution is 2.32. The van der Waals surface area contributed by atoms with Crippen molar-refractivity contribution in [2.75, 3.05) is 12.4 Å². The molecule has 0 aromatic carbocycles. The van der Waals surface area contributed by atoms with Crippen molar-refractivity contribution in [2.24, 2.45) is 13.0 Å². The van der Waals surface area contributed by atoms with Crippen molar-refractivity contribution in [3.63, 3.8) is 0 Å². The fourth-order valence-electron chi connectivity index (χ4n) is 2.75. The van der Waals surface area contributed by atoms with Crippen LogP contribution in [0.4, 0.5) is 0 Å². The minimum absolute atomic E-state index is 0.120. The second-order valence-corrected chi connectivity index (χ2v) is 7.36. The van der Waals surface area contributed by atoms with Crippen molar-refractivity contribution in [2.45, 2.75) is 38.1 Å². The van der Waals surface area contributed by atoms with E-state index in [4.69, 9.17) is 11.6 Å². The van der Waals surface area contributed by atoms with Crippen LogP contribution in [0.25, 0.3) is 0 Å². The van der Waals surface area contributed by atoms with Gasteiger partial charge in [0.15, 0.2) is 0 Å². The molecule has 7 heteroatoms. The van der Waals surface area contributed by atoms with Gasteiger partial charge in [-0.15, -0.1) is 11.6 Å². The van der Waals surface area contributed by atoms with Crippen LogP contribution in [0, 0.1) is 19.8 Å². The topological polar surface area (TPSA) is 55.2 Å². The van der Waals surface area contributed by atoms with Crippen LogP contribution in [0.5, 0.6) is 0 Å². The summed E-state index contributed by atoms with van der Waals surface area (Å²) in [5.74, 6) is 0.628. The molecule has 2 atom stereocenters. The van der Waals surface area contributed by atoms with E-state index < -0.39 is 10.0 Å². The quantitative estimate of drug-likeness (QED) is 0.798. The third kappa shape index (κ3) is 2.30. The lowest BCUT2D eigenvalue weighted by Crippen LogP contribution is -2.39. The summed E-state index contributed by atoms with van der Waals surface area (Å²) in [4.78, 5) is 0.333. The zero-order valence-electron chi connectivity index (χ0n) is 11.7. The number of rotatable bonds is 3. The van der Waals surface area contributed by atoms with Crippen LogP contribution in [0.1, 0.15) is 24.7 Å². The molecule has 108 valence electrons. The molecule has 1 aromatic rings. The number of sulfonamides is 1. The zero-order valence-corrected chi connectivity index (χ0v) is 13.3. The summed E-state index contributed by atoms with van der Waals surface area (Å²) in [6.07, 6.45) is 0.856. The lowest BCUT2D eigenvalue weighted by atomic mass is 10.1. The Bertz CT molecular complexity index is 582. The number of aromatic nitrogens is 2. The molecule has 1 aromatic heterocycles. The van der Waals surface area contributed by atoms with Crippen molar-refractivity contribution in [1.82, 2.24) is 14.1 Å². The van der Waals surface area contributed by atoms with Crippen LogP contribution in [0.2, 0.25) is 0 Å². The average molecular weight is 306 g/mol. The fraction of sp³-hybridized carbons (Fsp3) is 0.750. The Balaban J connectivity index is 2.49. The molecule has 1 aliphatic heterocycles. The van der Waals surface area contributed by atoms with E-state index in [-0.39, 0.29) is 6.04 Å². The Labute approximate surface area is 119 Å². The van der Waals surface area contributed by atoms with Crippen LogP contribution in [-0.4, -0.2) is 41.0 Å². The lowest BCUT2D eigenvalue weighted by Gasteiger charge is -2.24. The van der Waals surface area contributed by atoms with Gasteiger partial charge in [0.05, 0.1) is 11.4 Å².